The monoisotopic (exact) mass is 709 g/mol. The van der Waals surface area contributed by atoms with Crippen LogP contribution >= 0.6 is 23.1 Å². The first-order chi connectivity index (χ1) is 24.3. The molecule has 12 heteroatoms. The highest BCUT2D eigenvalue weighted by Crippen LogP contribution is 2.46. The number of hydrogen-bond acceptors (Lipinski definition) is 10. The van der Waals surface area contributed by atoms with Crippen molar-refractivity contribution in [2.75, 3.05) is 11.5 Å². The molecule has 1 aromatic heterocycles. The predicted molar refractivity (Wildman–Crippen MR) is 189 cm³/mol. The Kier molecular flexibility index (Phi) is 9.55. The zero-order valence-electron chi connectivity index (χ0n) is 27.2. The summed E-state index contributed by atoms with van der Waals surface area (Å²) in [5.41, 5.74) is 3.59. The topological polar surface area (TPSA) is 111 Å². The maximum absolute atomic E-state index is 13.9. The number of thioether (sulfide) groups is 1. The summed E-state index contributed by atoms with van der Waals surface area (Å²) in [6, 6.07) is 25.3. The molecule has 50 heavy (non-hydrogen) atoms. The summed E-state index contributed by atoms with van der Waals surface area (Å²) in [5.74, 6) is -0.200. The van der Waals surface area contributed by atoms with E-state index in [4.69, 9.17) is 14.2 Å². The van der Waals surface area contributed by atoms with Crippen LogP contribution in [0.5, 0.6) is 17.2 Å². The lowest BCUT2D eigenvalue weighted by Crippen LogP contribution is -2.29. The van der Waals surface area contributed by atoms with Crippen molar-refractivity contribution in [3.63, 3.8) is 0 Å². The summed E-state index contributed by atoms with van der Waals surface area (Å²) in [6.45, 7) is 4.46. The SMILES string of the molecule is CCOc1cc([C@@H]2/C(=C(\O)c3ccc4c(c3)C[C@H](C)O4)C(=O)C(=O)N2c2nnc(SCc3ccc(F)cc3)s2)ccc1OCc1ccccc1. The summed E-state index contributed by atoms with van der Waals surface area (Å²) in [6.07, 6.45) is 0.639. The predicted octanol–water partition coefficient (Wildman–Crippen LogP) is 7.90. The maximum atomic E-state index is 13.9. The minimum absolute atomic E-state index is 0.0138. The zero-order valence-corrected chi connectivity index (χ0v) is 28.8. The van der Waals surface area contributed by atoms with Crippen LogP contribution in [0.1, 0.15) is 47.7 Å². The summed E-state index contributed by atoms with van der Waals surface area (Å²) in [7, 11) is 0. The van der Waals surface area contributed by atoms with Gasteiger partial charge in [0.1, 0.15) is 30.0 Å². The van der Waals surface area contributed by atoms with E-state index in [0.717, 1.165) is 33.8 Å². The summed E-state index contributed by atoms with van der Waals surface area (Å²) in [4.78, 5) is 29.0. The number of anilines is 1. The van der Waals surface area contributed by atoms with Gasteiger partial charge < -0.3 is 19.3 Å². The van der Waals surface area contributed by atoms with E-state index in [1.807, 2.05) is 44.2 Å². The van der Waals surface area contributed by atoms with Crippen LogP contribution in [0.2, 0.25) is 0 Å². The lowest BCUT2D eigenvalue weighted by Gasteiger charge is -2.24. The average molecular weight is 710 g/mol. The van der Waals surface area contributed by atoms with Crippen LogP contribution in [0.3, 0.4) is 0 Å². The second-order valence-electron chi connectivity index (χ2n) is 11.8. The highest BCUT2D eigenvalue weighted by Gasteiger charge is 2.48. The smallest absolute Gasteiger partial charge is 0.301 e. The molecule has 5 aromatic rings. The molecule has 9 nitrogen and oxygen atoms in total. The Morgan fingerprint density at radius 3 is 2.56 bits per heavy atom. The van der Waals surface area contributed by atoms with E-state index in [2.05, 4.69) is 10.2 Å². The molecular formula is C38H32FN3O6S2. The van der Waals surface area contributed by atoms with Crippen molar-refractivity contribution in [1.29, 1.82) is 0 Å². The number of nitrogens with zero attached hydrogens (tertiary/aromatic N) is 3. The van der Waals surface area contributed by atoms with Crippen molar-refractivity contribution in [1.82, 2.24) is 10.2 Å². The highest BCUT2D eigenvalue weighted by atomic mass is 32.2. The van der Waals surface area contributed by atoms with E-state index in [9.17, 15) is 19.1 Å². The molecule has 1 amide bonds. The van der Waals surface area contributed by atoms with Gasteiger partial charge in [0.15, 0.2) is 15.8 Å². The van der Waals surface area contributed by atoms with E-state index in [1.54, 1.807) is 48.5 Å². The molecule has 0 aliphatic carbocycles. The van der Waals surface area contributed by atoms with Crippen LogP contribution in [-0.2, 0) is 28.4 Å². The van der Waals surface area contributed by atoms with E-state index >= 15 is 0 Å². The van der Waals surface area contributed by atoms with Gasteiger partial charge in [-0.1, -0.05) is 71.6 Å². The number of carbonyl (C=O) groups excluding carboxylic acids is 2. The Morgan fingerprint density at radius 1 is 0.980 bits per heavy atom. The molecule has 7 rings (SSSR count). The maximum Gasteiger partial charge on any atom is 0.301 e. The van der Waals surface area contributed by atoms with Crippen LogP contribution in [0.4, 0.5) is 9.52 Å². The number of rotatable bonds is 11. The van der Waals surface area contributed by atoms with Gasteiger partial charge in [0.25, 0.3) is 5.78 Å². The number of Topliss-reactive ketones (excluding diaryl/α,β-unsaturated/α-hetero) is 1. The van der Waals surface area contributed by atoms with Gasteiger partial charge in [-0.2, -0.15) is 0 Å². The molecule has 0 saturated carbocycles. The van der Waals surface area contributed by atoms with Gasteiger partial charge in [-0.3, -0.25) is 14.5 Å². The molecule has 4 aromatic carbocycles. The molecule has 0 spiro atoms. The summed E-state index contributed by atoms with van der Waals surface area (Å²) < 4.78 is 31.9. The first-order valence-corrected chi connectivity index (χ1v) is 17.8. The van der Waals surface area contributed by atoms with E-state index < -0.39 is 17.7 Å². The molecule has 1 fully saturated rings. The number of ketones is 1. The van der Waals surface area contributed by atoms with Crippen LogP contribution < -0.4 is 19.1 Å². The number of fused-ring (bicyclic) bond motifs is 1. The first-order valence-electron chi connectivity index (χ1n) is 16.0. The second-order valence-corrected chi connectivity index (χ2v) is 14.0. The van der Waals surface area contributed by atoms with Gasteiger partial charge in [-0.05, 0) is 78.6 Å². The van der Waals surface area contributed by atoms with Crippen LogP contribution in [0.25, 0.3) is 5.76 Å². The van der Waals surface area contributed by atoms with Crippen LogP contribution in [0, 0.1) is 5.82 Å². The molecule has 0 bridgehead atoms. The largest absolute Gasteiger partial charge is 0.507 e. The molecule has 0 radical (unpaired) electrons. The van der Waals surface area contributed by atoms with Gasteiger partial charge in [-0.15, -0.1) is 10.2 Å². The van der Waals surface area contributed by atoms with Crippen molar-refractivity contribution >= 4 is 45.7 Å². The van der Waals surface area contributed by atoms with Crippen molar-refractivity contribution in [3.05, 3.63) is 130 Å². The molecule has 1 saturated heterocycles. The van der Waals surface area contributed by atoms with E-state index in [1.165, 1.54) is 28.8 Å². The third kappa shape index (κ3) is 6.81. The number of aliphatic hydroxyl groups is 1. The molecule has 1 N–H and O–H groups in total. The zero-order chi connectivity index (χ0) is 34.8. The lowest BCUT2D eigenvalue weighted by molar-refractivity contribution is -0.132. The third-order valence-corrected chi connectivity index (χ3v) is 10.4. The molecule has 254 valence electrons. The number of halogens is 1. The molecule has 3 heterocycles. The number of ether oxygens (including phenoxy) is 3. The molecule has 0 unspecified atom stereocenters. The Morgan fingerprint density at radius 2 is 1.78 bits per heavy atom. The number of benzene rings is 4. The Hall–Kier alpha value is -5.20. The van der Waals surface area contributed by atoms with Gasteiger partial charge in [0.05, 0.1) is 18.2 Å². The lowest BCUT2D eigenvalue weighted by atomic mass is 9.94. The van der Waals surface area contributed by atoms with Crippen molar-refractivity contribution in [2.24, 2.45) is 0 Å². The van der Waals surface area contributed by atoms with Gasteiger partial charge >= 0.3 is 5.91 Å². The normalized spacial score (nSPS) is 17.9. The Labute approximate surface area is 296 Å². The fourth-order valence-corrected chi connectivity index (χ4v) is 7.79. The summed E-state index contributed by atoms with van der Waals surface area (Å²) >= 11 is 2.53. The van der Waals surface area contributed by atoms with Gasteiger partial charge in [-0.25, -0.2) is 4.39 Å². The van der Waals surface area contributed by atoms with Crippen molar-refractivity contribution in [2.45, 2.75) is 49.1 Å². The molecule has 2 aliphatic heterocycles. The fourth-order valence-electron chi connectivity index (χ4n) is 5.97. The number of amides is 1. The standard InChI is InChI=1S/C38H32FN3O6S2/c1-3-46-31-19-25(11-16-30(31)47-20-23-7-5-4-6-8-23)33-32(34(43)26-12-15-29-27(18-26)17-22(2)48-29)35(44)36(45)42(33)37-40-41-38(50-37)49-21-24-9-13-28(39)14-10-24/h4-16,18-19,22,33,43H,3,17,20-21H2,1-2H3/b34-32+/t22-,33+/m0/s1. The quantitative estimate of drug-likeness (QED) is 0.0481. The van der Waals surface area contributed by atoms with Crippen molar-refractivity contribution in [3.8, 4) is 17.2 Å². The minimum Gasteiger partial charge on any atom is -0.507 e. The van der Waals surface area contributed by atoms with E-state index in [0.29, 0.717) is 52.4 Å². The van der Waals surface area contributed by atoms with Crippen LogP contribution in [-0.4, -0.2) is 39.7 Å². The summed E-state index contributed by atoms with van der Waals surface area (Å²) in [5, 5.41) is 20.6. The van der Waals surface area contributed by atoms with Crippen LogP contribution in [0.15, 0.2) is 101 Å². The highest BCUT2D eigenvalue weighted by molar-refractivity contribution is 8.00. The van der Waals surface area contributed by atoms with Crippen molar-refractivity contribution < 1.29 is 33.3 Å². The fraction of sp³-hybridized carbons (Fsp3) is 0.211. The molecule has 2 atom stereocenters. The molecular weight excluding hydrogens is 678 g/mol. The van der Waals surface area contributed by atoms with Gasteiger partial charge in [0, 0.05) is 17.7 Å². The first kappa shape index (κ1) is 33.3. The molecule has 2 aliphatic rings. The minimum atomic E-state index is -1.05. The number of aromatic nitrogens is 2. The third-order valence-electron chi connectivity index (χ3n) is 8.31. The number of hydrogen-bond donors (Lipinski definition) is 1. The average Bonchev–Trinajstić information content (AvgIpc) is 3.82. The van der Waals surface area contributed by atoms with E-state index in [-0.39, 0.29) is 28.4 Å². The number of aliphatic hydroxyl groups excluding tert-OH is 1. The second kappa shape index (κ2) is 14.3. The Bertz CT molecular complexity index is 2090. The Balaban J connectivity index is 1.27. The number of carbonyl (C=O) groups is 2. The van der Waals surface area contributed by atoms with Gasteiger partial charge in [0.2, 0.25) is 5.13 Å².